The zero-order valence-electron chi connectivity index (χ0n) is 6.94. The monoisotopic (exact) mass is 434 g/mol. The first-order valence-corrected chi connectivity index (χ1v) is 8.40. The number of allylic oxidation sites excluding steroid dienone is 2. The van der Waals surface area contributed by atoms with Crippen LogP contribution in [0.2, 0.25) is 0 Å². The highest BCUT2D eigenvalue weighted by atomic mass is 79.9. The van der Waals surface area contributed by atoms with Gasteiger partial charge in [0.2, 0.25) is 0 Å². The Morgan fingerprint density at radius 1 is 0.923 bits per heavy atom. The first kappa shape index (κ1) is 11.2. The molecule has 0 saturated heterocycles. The van der Waals surface area contributed by atoms with Gasteiger partial charge in [-0.3, -0.25) is 0 Å². The van der Waals surface area contributed by atoms with Crippen molar-refractivity contribution in [1.82, 2.24) is 0 Å². The number of hydrogen-bond acceptors (Lipinski definition) is 0. The second-order valence-electron chi connectivity index (χ2n) is 3.66. The fourth-order valence-electron chi connectivity index (χ4n) is 2.49. The molecule has 0 aromatic carbocycles. The zero-order valence-corrected chi connectivity index (χ0v) is 13.3. The largest absolute Gasteiger partial charge is 0.0880 e. The fraction of sp³-hybridized carbons (Fsp3) is 0.778. The highest BCUT2D eigenvalue weighted by Gasteiger charge is 2.49. The first-order valence-electron chi connectivity index (χ1n) is 4.32. The molecule has 2 aliphatic carbocycles. The van der Waals surface area contributed by atoms with E-state index >= 15 is 0 Å². The molecule has 0 aromatic rings. The minimum absolute atomic E-state index is 0.632. The summed E-state index contributed by atoms with van der Waals surface area (Å²) in [5, 5.41) is 2.08. The summed E-state index contributed by atoms with van der Waals surface area (Å²) in [6.45, 7) is 0. The molecule has 0 aromatic heterocycles. The maximum absolute atomic E-state index is 3.78. The smallest absolute Gasteiger partial charge is 0.0342 e. The van der Waals surface area contributed by atoms with E-state index < -0.39 is 0 Å². The molecule has 2 aliphatic rings. The van der Waals surface area contributed by atoms with Gasteiger partial charge in [-0.15, -0.1) is 0 Å². The van der Waals surface area contributed by atoms with Gasteiger partial charge in [0, 0.05) is 20.3 Å². The average Bonchev–Trinajstić information content (AvgIpc) is 2.63. The number of hydrogen-bond donors (Lipinski definition) is 0. The molecule has 0 N–H and O–H groups in total. The molecule has 0 heterocycles. The molecular formula is C9H10Br4. The topological polar surface area (TPSA) is 0 Å². The van der Waals surface area contributed by atoms with E-state index in [1.165, 1.54) is 6.42 Å². The molecule has 4 atom stereocenters. The van der Waals surface area contributed by atoms with Gasteiger partial charge in [-0.25, -0.2) is 0 Å². The summed E-state index contributed by atoms with van der Waals surface area (Å²) in [4.78, 5) is 1.26. The predicted octanol–water partition coefficient (Wildman–Crippen LogP) is 4.25. The Hall–Kier alpha value is 1.66. The Bertz CT molecular complexity index is 224. The van der Waals surface area contributed by atoms with Crippen molar-refractivity contribution in [3.63, 3.8) is 0 Å². The van der Waals surface area contributed by atoms with Crippen LogP contribution in [0.15, 0.2) is 11.1 Å². The molecule has 1 saturated carbocycles. The van der Waals surface area contributed by atoms with E-state index in [9.17, 15) is 0 Å². The van der Waals surface area contributed by atoms with Gasteiger partial charge in [-0.2, -0.15) is 0 Å². The van der Waals surface area contributed by atoms with Crippen LogP contribution >= 0.6 is 63.7 Å². The molecule has 4 heteroatoms. The number of fused-ring (bicyclic) bond motifs is 2. The van der Waals surface area contributed by atoms with Crippen LogP contribution in [0.1, 0.15) is 6.42 Å². The van der Waals surface area contributed by atoms with Crippen LogP contribution < -0.4 is 0 Å². The molecule has 0 spiro atoms. The summed E-state index contributed by atoms with van der Waals surface area (Å²) in [5.41, 5.74) is 3.25. The van der Waals surface area contributed by atoms with Crippen molar-refractivity contribution in [1.29, 1.82) is 0 Å². The van der Waals surface area contributed by atoms with Crippen LogP contribution in [0.3, 0.4) is 0 Å². The first-order chi connectivity index (χ1) is 6.20. The van der Waals surface area contributed by atoms with Gasteiger partial charge in [-0.1, -0.05) is 74.9 Å². The van der Waals surface area contributed by atoms with E-state index in [2.05, 4.69) is 63.7 Å². The molecule has 0 unspecified atom stereocenters. The predicted molar refractivity (Wildman–Crippen MR) is 71.6 cm³/mol. The molecule has 0 radical (unpaired) electrons. The van der Waals surface area contributed by atoms with E-state index in [4.69, 9.17) is 0 Å². The standard InChI is InChI=1S/C9H10Br4/c10-2-6-4-1-5(7(6)3-11)9(13)8(4)12/h4-5,8-9H,1-3H2/t4-,5+,8-,9-/m0/s1. The van der Waals surface area contributed by atoms with E-state index in [-0.39, 0.29) is 0 Å². The Labute approximate surface area is 112 Å². The highest BCUT2D eigenvalue weighted by Crippen LogP contribution is 2.54. The van der Waals surface area contributed by atoms with E-state index in [1.807, 2.05) is 0 Å². The Kier molecular flexibility index (Phi) is 3.66. The van der Waals surface area contributed by atoms with E-state index in [1.54, 1.807) is 11.1 Å². The molecule has 0 aliphatic heterocycles. The zero-order chi connectivity index (χ0) is 9.59. The SMILES string of the molecule is BrCC1=C(CBr)[C@@H]2C[C@H]1[C@H](Br)[C@H]2Br. The average molecular weight is 438 g/mol. The molecule has 1 fully saturated rings. The molecule has 0 amide bonds. The lowest BCUT2D eigenvalue weighted by atomic mass is 9.94. The lowest BCUT2D eigenvalue weighted by molar-refractivity contribution is 0.672. The molecule has 2 rings (SSSR count). The van der Waals surface area contributed by atoms with Crippen molar-refractivity contribution >= 4 is 63.7 Å². The third-order valence-corrected chi connectivity index (χ3v) is 7.51. The van der Waals surface area contributed by atoms with E-state index in [0.717, 1.165) is 22.5 Å². The van der Waals surface area contributed by atoms with E-state index in [0.29, 0.717) is 9.65 Å². The third kappa shape index (κ3) is 1.64. The summed E-state index contributed by atoms with van der Waals surface area (Å²) in [6.07, 6.45) is 1.33. The summed E-state index contributed by atoms with van der Waals surface area (Å²) in [5.74, 6) is 1.50. The lowest BCUT2D eigenvalue weighted by Crippen LogP contribution is -2.26. The molecule has 0 nitrogen and oxygen atoms in total. The van der Waals surface area contributed by atoms with Gasteiger partial charge in [0.25, 0.3) is 0 Å². The maximum atomic E-state index is 3.78. The van der Waals surface area contributed by atoms with Gasteiger partial charge >= 0.3 is 0 Å². The van der Waals surface area contributed by atoms with Crippen LogP contribution in [0.25, 0.3) is 0 Å². The summed E-state index contributed by atoms with van der Waals surface area (Å²) in [7, 11) is 0. The number of halogens is 4. The van der Waals surface area contributed by atoms with Crippen LogP contribution in [0, 0.1) is 11.8 Å². The summed E-state index contributed by atoms with van der Waals surface area (Å²) in [6, 6.07) is 0. The van der Waals surface area contributed by atoms with Crippen molar-refractivity contribution in [3.05, 3.63) is 11.1 Å². The van der Waals surface area contributed by atoms with Gasteiger partial charge in [0.15, 0.2) is 0 Å². The van der Waals surface area contributed by atoms with Gasteiger partial charge in [0.1, 0.15) is 0 Å². The second kappa shape index (κ2) is 4.26. The quantitative estimate of drug-likeness (QED) is 0.447. The normalized spacial score (nSPS) is 43.4. The molecular weight excluding hydrogens is 428 g/mol. The number of rotatable bonds is 2. The van der Waals surface area contributed by atoms with Crippen molar-refractivity contribution in [2.75, 3.05) is 10.7 Å². The minimum atomic E-state index is 0.632. The Balaban J connectivity index is 2.33. The minimum Gasteiger partial charge on any atom is -0.0880 e. The summed E-state index contributed by atoms with van der Waals surface area (Å²) < 4.78 is 0. The van der Waals surface area contributed by atoms with Crippen LogP contribution in [-0.4, -0.2) is 20.3 Å². The molecule has 2 bridgehead atoms. The van der Waals surface area contributed by atoms with Crippen LogP contribution in [0.5, 0.6) is 0 Å². The number of alkyl halides is 4. The van der Waals surface area contributed by atoms with Crippen molar-refractivity contribution < 1.29 is 0 Å². The highest BCUT2D eigenvalue weighted by molar-refractivity contribution is 9.12. The van der Waals surface area contributed by atoms with Gasteiger partial charge in [0.05, 0.1) is 0 Å². The third-order valence-electron chi connectivity index (χ3n) is 3.18. The van der Waals surface area contributed by atoms with Gasteiger partial charge < -0.3 is 0 Å². The van der Waals surface area contributed by atoms with Crippen molar-refractivity contribution in [3.8, 4) is 0 Å². The van der Waals surface area contributed by atoms with Crippen LogP contribution in [0.4, 0.5) is 0 Å². The van der Waals surface area contributed by atoms with Gasteiger partial charge in [-0.05, 0) is 18.3 Å². The second-order valence-corrected chi connectivity index (χ2v) is 6.89. The van der Waals surface area contributed by atoms with Crippen molar-refractivity contribution in [2.24, 2.45) is 11.8 Å². The Morgan fingerprint density at radius 2 is 1.31 bits per heavy atom. The molecule has 13 heavy (non-hydrogen) atoms. The van der Waals surface area contributed by atoms with Crippen molar-refractivity contribution in [2.45, 2.75) is 16.1 Å². The van der Waals surface area contributed by atoms with Crippen LogP contribution in [-0.2, 0) is 0 Å². The lowest BCUT2D eigenvalue weighted by Gasteiger charge is -2.26. The molecule has 74 valence electrons. The maximum Gasteiger partial charge on any atom is 0.0342 e. The summed E-state index contributed by atoms with van der Waals surface area (Å²) >= 11 is 14.7. The fourth-order valence-corrected chi connectivity index (χ4v) is 5.85. The Morgan fingerprint density at radius 3 is 1.62 bits per heavy atom.